The first kappa shape index (κ1) is 22.4. The minimum Gasteiger partial charge on any atom is -0.461 e. The van der Waals surface area contributed by atoms with Crippen LogP contribution in [0.5, 0.6) is 0 Å². The molecule has 1 saturated carbocycles. The number of rotatable bonds is 8. The summed E-state index contributed by atoms with van der Waals surface area (Å²) in [4.78, 5) is 25.0. The number of carbonyl (C=O) groups is 2. The zero-order valence-electron chi connectivity index (χ0n) is 17.2. The Labute approximate surface area is 167 Å². The molecule has 0 heterocycles. The number of carbonyl (C=O) groups excluding carboxylic acids is 2. The van der Waals surface area contributed by atoms with Gasteiger partial charge in [0, 0.05) is 13.1 Å². The number of benzene rings is 1. The molecule has 6 nitrogen and oxygen atoms in total. The largest absolute Gasteiger partial charge is 0.461 e. The highest BCUT2D eigenvalue weighted by atomic mass is 16.5. The first-order valence-electron chi connectivity index (χ1n) is 10.2. The Balaban J connectivity index is 2.01. The van der Waals surface area contributed by atoms with Crippen LogP contribution in [-0.4, -0.2) is 42.3 Å². The number of nitrogens with two attached hydrogens (primary N) is 1. The van der Waals surface area contributed by atoms with Gasteiger partial charge in [-0.3, -0.25) is 4.79 Å². The van der Waals surface area contributed by atoms with Crippen LogP contribution in [-0.2, 0) is 16.0 Å². The van der Waals surface area contributed by atoms with E-state index in [0.717, 1.165) is 18.4 Å². The van der Waals surface area contributed by atoms with Crippen molar-refractivity contribution in [2.45, 2.75) is 52.1 Å². The predicted octanol–water partition coefficient (Wildman–Crippen LogP) is 2.28. The summed E-state index contributed by atoms with van der Waals surface area (Å²) in [6, 6.07) is 7.18. The van der Waals surface area contributed by atoms with E-state index in [4.69, 9.17) is 10.5 Å². The maximum Gasteiger partial charge on any atom is 0.338 e. The average Bonchev–Trinajstić information content (AvgIpc) is 2.66. The van der Waals surface area contributed by atoms with Crippen LogP contribution in [0.15, 0.2) is 24.3 Å². The third-order valence-corrected chi connectivity index (χ3v) is 5.71. The molecule has 0 unspecified atom stereocenters. The molecule has 0 radical (unpaired) electrons. The molecule has 0 bridgehead atoms. The Morgan fingerprint density at radius 1 is 1.32 bits per heavy atom. The molecule has 6 heteroatoms. The van der Waals surface area contributed by atoms with E-state index in [9.17, 15) is 14.7 Å². The molecular formula is C22H34N2O4. The Kier molecular flexibility index (Phi) is 8.01. The number of ether oxygens (including phenoxy) is 1. The van der Waals surface area contributed by atoms with E-state index < -0.39 is 11.6 Å². The molecule has 0 saturated heterocycles. The van der Waals surface area contributed by atoms with Crippen LogP contribution in [0.25, 0.3) is 0 Å². The van der Waals surface area contributed by atoms with Crippen LogP contribution in [0.4, 0.5) is 0 Å². The van der Waals surface area contributed by atoms with Gasteiger partial charge in [0.25, 0.3) is 5.91 Å². The summed E-state index contributed by atoms with van der Waals surface area (Å²) in [5, 5.41) is 14.1. The highest BCUT2D eigenvalue weighted by Gasteiger charge is 2.48. The summed E-state index contributed by atoms with van der Waals surface area (Å²) in [5.74, 6) is -0.194. The molecule has 156 valence electrons. The first-order chi connectivity index (χ1) is 13.3. The minimum absolute atomic E-state index is 0.0396. The van der Waals surface area contributed by atoms with Crippen molar-refractivity contribution in [3.8, 4) is 0 Å². The molecule has 4 N–H and O–H groups in total. The Bertz CT molecular complexity index is 676. The van der Waals surface area contributed by atoms with Crippen molar-refractivity contribution >= 4 is 11.9 Å². The fourth-order valence-corrected chi connectivity index (χ4v) is 4.26. The van der Waals surface area contributed by atoms with Crippen molar-refractivity contribution < 1.29 is 19.4 Å². The second kappa shape index (κ2) is 10.0. The maximum absolute atomic E-state index is 12.9. The van der Waals surface area contributed by atoms with Gasteiger partial charge >= 0.3 is 5.97 Å². The van der Waals surface area contributed by atoms with E-state index in [1.54, 1.807) is 12.1 Å². The zero-order chi connectivity index (χ0) is 20.7. The lowest BCUT2D eigenvalue weighted by molar-refractivity contribution is -0.155. The van der Waals surface area contributed by atoms with E-state index in [-0.39, 0.29) is 30.9 Å². The van der Waals surface area contributed by atoms with Gasteiger partial charge in [0.15, 0.2) is 0 Å². The number of nitrogens with one attached hydrogen (secondary N) is 1. The number of hydrogen-bond acceptors (Lipinski definition) is 5. The van der Waals surface area contributed by atoms with E-state index in [0.29, 0.717) is 30.9 Å². The number of aliphatic hydroxyl groups is 1. The van der Waals surface area contributed by atoms with Gasteiger partial charge in [0.2, 0.25) is 0 Å². The van der Waals surface area contributed by atoms with Gasteiger partial charge in [0.05, 0.1) is 5.56 Å². The summed E-state index contributed by atoms with van der Waals surface area (Å²) in [6.45, 7) is 6.99. The third kappa shape index (κ3) is 5.32. The van der Waals surface area contributed by atoms with Gasteiger partial charge in [-0.05, 0) is 48.6 Å². The number of hydrogen-bond donors (Lipinski definition) is 3. The lowest BCUT2D eigenvalue weighted by Gasteiger charge is -2.43. The normalized spacial score (nSPS) is 24.8. The Morgan fingerprint density at radius 3 is 2.71 bits per heavy atom. The van der Waals surface area contributed by atoms with Crippen LogP contribution < -0.4 is 11.1 Å². The second-order valence-electron chi connectivity index (χ2n) is 8.25. The standard InChI is InChI=1S/C22H34N2O4/c1-15(2)19-9-8-16(3)14-22(19,27)21(26)24-12-10-17-6-4-5-7-18(17)20(25)28-13-11-23/h4-7,15-16,19,27H,8-14,23H2,1-3H3,(H,24,26)/t16-,19+,22+/m1/s1. The van der Waals surface area contributed by atoms with Gasteiger partial charge < -0.3 is 20.9 Å². The van der Waals surface area contributed by atoms with Crippen molar-refractivity contribution in [2.75, 3.05) is 19.7 Å². The fourth-order valence-electron chi connectivity index (χ4n) is 4.26. The SMILES string of the molecule is CC(C)[C@@H]1CC[C@@H](C)C[C@@]1(O)C(=O)NCCc1ccccc1C(=O)OCCN. The molecule has 1 aromatic carbocycles. The summed E-state index contributed by atoms with van der Waals surface area (Å²) < 4.78 is 5.12. The van der Waals surface area contributed by atoms with Crippen LogP contribution in [0.2, 0.25) is 0 Å². The van der Waals surface area contributed by atoms with Gasteiger partial charge in [-0.2, -0.15) is 0 Å². The predicted molar refractivity (Wildman–Crippen MR) is 109 cm³/mol. The molecule has 1 aromatic rings. The van der Waals surface area contributed by atoms with Crippen molar-refractivity contribution in [3.63, 3.8) is 0 Å². The highest BCUT2D eigenvalue weighted by Crippen LogP contribution is 2.41. The Hall–Kier alpha value is -1.92. The zero-order valence-corrected chi connectivity index (χ0v) is 17.2. The van der Waals surface area contributed by atoms with Crippen LogP contribution >= 0.6 is 0 Å². The van der Waals surface area contributed by atoms with Crippen LogP contribution in [0.3, 0.4) is 0 Å². The number of amides is 1. The lowest BCUT2D eigenvalue weighted by atomic mass is 9.66. The molecule has 2 rings (SSSR count). The quantitative estimate of drug-likeness (QED) is 0.591. The minimum atomic E-state index is -1.33. The van der Waals surface area contributed by atoms with Gasteiger partial charge in [-0.25, -0.2) is 4.79 Å². The topological polar surface area (TPSA) is 102 Å². The fraction of sp³-hybridized carbons (Fsp3) is 0.636. The summed E-state index contributed by atoms with van der Waals surface area (Å²) in [6.07, 6.45) is 2.87. The molecule has 3 atom stereocenters. The van der Waals surface area contributed by atoms with E-state index >= 15 is 0 Å². The summed E-state index contributed by atoms with van der Waals surface area (Å²) in [7, 11) is 0. The summed E-state index contributed by atoms with van der Waals surface area (Å²) in [5.41, 5.74) is 5.34. The lowest BCUT2D eigenvalue weighted by Crippen LogP contribution is -2.56. The monoisotopic (exact) mass is 390 g/mol. The van der Waals surface area contributed by atoms with Crippen molar-refractivity contribution in [1.29, 1.82) is 0 Å². The van der Waals surface area contributed by atoms with Gasteiger partial charge in [0.1, 0.15) is 12.2 Å². The highest BCUT2D eigenvalue weighted by molar-refractivity contribution is 5.91. The maximum atomic E-state index is 12.9. The molecule has 1 fully saturated rings. The first-order valence-corrected chi connectivity index (χ1v) is 10.2. The molecule has 28 heavy (non-hydrogen) atoms. The van der Waals surface area contributed by atoms with Crippen molar-refractivity contribution in [1.82, 2.24) is 5.32 Å². The van der Waals surface area contributed by atoms with E-state index in [2.05, 4.69) is 26.1 Å². The average molecular weight is 391 g/mol. The molecule has 0 aliphatic heterocycles. The van der Waals surface area contributed by atoms with Crippen molar-refractivity contribution in [2.24, 2.45) is 23.5 Å². The molecular weight excluding hydrogens is 356 g/mol. The molecule has 0 aromatic heterocycles. The molecule has 1 amide bonds. The van der Waals surface area contributed by atoms with Gasteiger partial charge in [-0.1, -0.05) is 45.4 Å². The van der Waals surface area contributed by atoms with Crippen LogP contribution in [0.1, 0.15) is 56.0 Å². The van der Waals surface area contributed by atoms with Crippen LogP contribution in [0, 0.1) is 17.8 Å². The number of esters is 1. The van der Waals surface area contributed by atoms with Gasteiger partial charge in [-0.15, -0.1) is 0 Å². The molecule has 1 aliphatic rings. The summed E-state index contributed by atoms with van der Waals surface area (Å²) >= 11 is 0. The Morgan fingerprint density at radius 2 is 2.04 bits per heavy atom. The van der Waals surface area contributed by atoms with E-state index in [1.165, 1.54) is 0 Å². The molecule has 1 aliphatic carbocycles. The third-order valence-electron chi connectivity index (χ3n) is 5.71. The van der Waals surface area contributed by atoms with Crippen molar-refractivity contribution in [3.05, 3.63) is 35.4 Å². The smallest absolute Gasteiger partial charge is 0.338 e. The second-order valence-corrected chi connectivity index (χ2v) is 8.25. The van der Waals surface area contributed by atoms with E-state index in [1.807, 2.05) is 12.1 Å². The molecule has 0 spiro atoms.